The lowest BCUT2D eigenvalue weighted by Crippen LogP contribution is -2.12. The summed E-state index contributed by atoms with van der Waals surface area (Å²) in [6.45, 7) is 0. The summed E-state index contributed by atoms with van der Waals surface area (Å²) in [5.74, 6) is -2.15. The van der Waals surface area contributed by atoms with E-state index in [9.17, 15) is 22.7 Å². The second-order valence-electron chi connectivity index (χ2n) is 7.06. The average Bonchev–Trinajstić information content (AvgIpc) is 3.23. The zero-order valence-corrected chi connectivity index (χ0v) is 17.7. The maximum atomic E-state index is 13.7. The van der Waals surface area contributed by atoms with Crippen LogP contribution in [0.5, 0.6) is 5.75 Å². The van der Waals surface area contributed by atoms with Crippen LogP contribution in [0.1, 0.15) is 10.4 Å². The number of halogens is 1. The summed E-state index contributed by atoms with van der Waals surface area (Å²) in [6.07, 6.45) is 2.62. The molecule has 2 N–H and O–H groups in total. The number of rotatable bonds is 5. The molecule has 4 rings (SSSR count). The van der Waals surface area contributed by atoms with E-state index in [4.69, 9.17) is 0 Å². The Morgan fingerprint density at radius 1 is 1.00 bits per heavy atom. The minimum atomic E-state index is -3.38. The molecular formula is C23H18FN3O4S. The van der Waals surface area contributed by atoms with Gasteiger partial charge in [0.15, 0.2) is 21.4 Å². The van der Waals surface area contributed by atoms with Gasteiger partial charge in [-0.15, -0.1) is 0 Å². The third kappa shape index (κ3) is 4.23. The van der Waals surface area contributed by atoms with Gasteiger partial charge in [0.2, 0.25) is 0 Å². The van der Waals surface area contributed by atoms with Crippen molar-refractivity contribution in [2.75, 3.05) is 11.6 Å². The van der Waals surface area contributed by atoms with Gasteiger partial charge in [-0.2, -0.15) is 5.10 Å². The predicted molar refractivity (Wildman–Crippen MR) is 118 cm³/mol. The second-order valence-corrected chi connectivity index (χ2v) is 9.07. The van der Waals surface area contributed by atoms with Crippen molar-refractivity contribution < 1.29 is 22.7 Å². The molecule has 0 saturated heterocycles. The van der Waals surface area contributed by atoms with Crippen molar-refractivity contribution in [3.63, 3.8) is 0 Å². The number of nitrogens with zero attached hydrogens (tertiary/aromatic N) is 2. The van der Waals surface area contributed by atoms with Crippen molar-refractivity contribution in [1.29, 1.82) is 0 Å². The number of hydrogen-bond acceptors (Lipinski definition) is 5. The minimum absolute atomic E-state index is 0.0826. The Kier molecular flexibility index (Phi) is 5.50. The number of nitrogens with one attached hydrogen (secondary N) is 1. The van der Waals surface area contributed by atoms with Gasteiger partial charge >= 0.3 is 0 Å². The Morgan fingerprint density at radius 3 is 2.34 bits per heavy atom. The Labute approximate surface area is 183 Å². The number of carbonyl (C=O) groups is 1. The predicted octanol–water partition coefficient (Wildman–Crippen LogP) is 4.04. The lowest BCUT2D eigenvalue weighted by molar-refractivity contribution is 0.102. The van der Waals surface area contributed by atoms with Crippen LogP contribution in [0.3, 0.4) is 0 Å². The number of hydrogen-bond donors (Lipinski definition) is 2. The molecule has 0 aliphatic heterocycles. The molecule has 9 heteroatoms. The van der Waals surface area contributed by atoms with Gasteiger partial charge < -0.3 is 10.4 Å². The molecule has 0 spiro atoms. The fourth-order valence-corrected chi connectivity index (χ4v) is 3.76. The molecule has 0 saturated carbocycles. The number of amides is 1. The molecule has 7 nitrogen and oxygen atoms in total. The summed E-state index contributed by atoms with van der Waals surface area (Å²) >= 11 is 0. The van der Waals surface area contributed by atoms with E-state index in [2.05, 4.69) is 10.4 Å². The maximum absolute atomic E-state index is 13.7. The van der Waals surface area contributed by atoms with Crippen LogP contribution in [-0.4, -0.2) is 35.5 Å². The average molecular weight is 451 g/mol. The van der Waals surface area contributed by atoms with Crippen LogP contribution in [0.2, 0.25) is 0 Å². The fraction of sp³-hybridized carbons (Fsp3) is 0.0435. The van der Waals surface area contributed by atoms with Crippen LogP contribution in [0.15, 0.2) is 83.9 Å². The molecule has 0 aliphatic rings. The first kappa shape index (κ1) is 21.3. The van der Waals surface area contributed by atoms with Gasteiger partial charge in [0.25, 0.3) is 5.91 Å². The normalized spacial score (nSPS) is 11.3. The molecule has 0 aliphatic carbocycles. The summed E-state index contributed by atoms with van der Waals surface area (Å²) in [4.78, 5) is 13.2. The summed E-state index contributed by atoms with van der Waals surface area (Å²) in [7, 11) is -3.38. The number of aromatic hydroxyl groups is 1. The minimum Gasteiger partial charge on any atom is -0.503 e. The van der Waals surface area contributed by atoms with Gasteiger partial charge in [-0.25, -0.2) is 17.5 Å². The largest absolute Gasteiger partial charge is 0.503 e. The molecule has 3 aromatic carbocycles. The molecule has 0 atom stereocenters. The van der Waals surface area contributed by atoms with Crippen molar-refractivity contribution in [2.45, 2.75) is 4.90 Å². The quantitative estimate of drug-likeness (QED) is 0.446. The Hall–Kier alpha value is -3.98. The van der Waals surface area contributed by atoms with E-state index in [1.54, 1.807) is 12.1 Å². The second kappa shape index (κ2) is 8.27. The highest BCUT2D eigenvalue weighted by Gasteiger charge is 2.21. The van der Waals surface area contributed by atoms with Crippen LogP contribution in [0.25, 0.3) is 16.9 Å². The van der Waals surface area contributed by atoms with Crippen LogP contribution in [0, 0.1) is 5.82 Å². The molecule has 1 amide bonds. The molecule has 0 unspecified atom stereocenters. The topological polar surface area (TPSA) is 101 Å². The number of anilines is 1. The SMILES string of the molecule is CS(=O)(=O)c1ccc(-c2nn(-c3ccccc3)cc2C(=O)Nc2cccc(F)c2O)cc1. The molecular weight excluding hydrogens is 433 g/mol. The third-order valence-corrected chi connectivity index (χ3v) is 5.90. The first-order chi connectivity index (χ1) is 15.2. The molecule has 1 heterocycles. The number of phenols is 1. The summed E-state index contributed by atoms with van der Waals surface area (Å²) in [5, 5.41) is 16.9. The Bertz CT molecular complexity index is 1400. The molecule has 0 bridgehead atoms. The van der Waals surface area contributed by atoms with E-state index in [-0.39, 0.29) is 16.1 Å². The van der Waals surface area contributed by atoms with E-state index in [1.807, 2.05) is 30.3 Å². The molecule has 0 radical (unpaired) electrons. The number of carbonyl (C=O) groups excluding carboxylic acids is 1. The van der Waals surface area contributed by atoms with E-state index in [1.165, 1.54) is 35.1 Å². The van der Waals surface area contributed by atoms with Crippen LogP contribution >= 0.6 is 0 Å². The van der Waals surface area contributed by atoms with E-state index < -0.39 is 27.3 Å². The lowest BCUT2D eigenvalue weighted by Gasteiger charge is -2.08. The highest BCUT2D eigenvalue weighted by atomic mass is 32.2. The number of phenolic OH excluding ortho intramolecular Hbond substituents is 1. The van der Waals surface area contributed by atoms with Crippen molar-refractivity contribution in [1.82, 2.24) is 9.78 Å². The van der Waals surface area contributed by atoms with Crippen molar-refractivity contribution in [3.8, 4) is 22.7 Å². The van der Waals surface area contributed by atoms with Gasteiger partial charge in [0, 0.05) is 18.0 Å². The Balaban J connectivity index is 1.79. The molecule has 162 valence electrons. The van der Waals surface area contributed by atoms with Crippen molar-refractivity contribution in [3.05, 3.63) is 90.4 Å². The zero-order valence-electron chi connectivity index (χ0n) is 16.9. The summed E-state index contributed by atoms with van der Waals surface area (Å²) < 4.78 is 38.7. The van der Waals surface area contributed by atoms with Gasteiger partial charge in [0.1, 0.15) is 5.69 Å². The number of sulfone groups is 1. The smallest absolute Gasteiger partial charge is 0.259 e. The van der Waals surface area contributed by atoms with E-state index >= 15 is 0 Å². The molecule has 1 aromatic heterocycles. The first-order valence-corrected chi connectivity index (χ1v) is 11.4. The lowest BCUT2D eigenvalue weighted by atomic mass is 10.1. The van der Waals surface area contributed by atoms with E-state index in [0.29, 0.717) is 16.9 Å². The van der Waals surface area contributed by atoms with Gasteiger partial charge in [-0.1, -0.05) is 36.4 Å². The van der Waals surface area contributed by atoms with Crippen LogP contribution in [-0.2, 0) is 9.84 Å². The van der Waals surface area contributed by atoms with E-state index in [0.717, 1.165) is 12.3 Å². The molecule has 4 aromatic rings. The molecule has 32 heavy (non-hydrogen) atoms. The number of aromatic nitrogens is 2. The number of benzene rings is 3. The maximum Gasteiger partial charge on any atom is 0.259 e. The summed E-state index contributed by atoms with van der Waals surface area (Å²) in [5.41, 5.74) is 1.59. The highest BCUT2D eigenvalue weighted by Crippen LogP contribution is 2.29. The van der Waals surface area contributed by atoms with Crippen molar-refractivity contribution >= 4 is 21.4 Å². The molecule has 0 fully saturated rings. The van der Waals surface area contributed by atoms with Crippen LogP contribution in [0.4, 0.5) is 10.1 Å². The highest BCUT2D eigenvalue weighted by molar-refractivity contribution is 7.90. The fourth-order valence-electron chi connectivity index (χ4n) is 3.13. The van der Waals surface area contributed by atoms with Crippen LogP contribution < -0.4 is 5.32 Å². The third-order valence-electron chi connectivity index (χ3n) is 4.77. The van der Waals surface area contributed by atoms with Crippen molar-refractivity contribution in [2.24, 2.45) is 0 Å². The van der Waals surface area contributed by atoms with Gasteiger partial charge in [0.05, 0.1) is 21.8 Å². The van der Waals surface area contributed by atoms with Gasteiger partial charge in [-0.05, 0) is 36.4 Å². The monoisotopic (exact) mass is 451 g/mol. The summed E-state index contributed by atoms with van der Waals surface area (Å²) in [6, 6.07) is 18.9. The first-order valence-electron chi connectivity index (χ1n) is 9.48. The standard InChI is InChI=1S/C23H18FN3O4S/c1-32(30,31)17-12-10-15(11-13-17)21-18(14-27(26-21)16-6-3-2-4-7-16)23(29)25-20-9-5-8-19(24)22(20)28/h2-14,28H,1H3,(H,25,29). The van der Waals surface area contributed by atoms with Gasteiger partial charge in [-0.3, -0.25) is 4.79 Å². The number of para-hydroxylation sites is 2. The Morgan fingerprint density at radius 2 is 1.69 bits per heavy atom. The zero-order chi connectivity index (χ0) is 22.9.